The lowest BCUT2D eigenvalue weighted by molar-refractivity contribution is -0.116. The Morgan fingerprint density at radius 1 is 1.54 bits per heavy atom. The van der Waals surface area contributed by atoms with Gasteiger partial charge in [0, 0.05) is 15.8 Å². The van der Waals surface area contributed by atoms with Crippen LogP contribution in [0, 0.1) is 0 Å². The fourth-order valence-electron chi connectivity index (χ4n) is 1.10. The van der Waals surface area contributed by atoms with Crippen LogP contribution in [0.1, 0.15) is 12.5 Å². The Balaban J connectivity index is 2.92. The molecule has 0 amide bonds. The summed E-state index contributed by atoms with van der Waals surface area (Å²) in [6.07, 6.45) is 2.55. The van der Waals surface area contributed by atoms with Crippen LogP contribution in [0.15, 0.2) is 27.6 Å². The van der Waals surface area contributed by atoms with Crippen LogP contribution in [-0.4, -0.2) is 12.0 Å². The van der Waals surface area contributed by atoms with E-state index in [9.17, 15) is 4.79 Å². The molecule has 0 saturated carbocycles. The van der Waals surface area contributed by atoms with Gasteiger partial charge in [-0.1, -0.05) is 6.07 Å². The number of carbonyl (C=O) groups excluding carboxylic acids is 1. The zero-order valence-electron chi connectivity index (χ0n) is 7.63. The highest BCUT2D eigenvalue weighted by molar-refractivity contribution is 9.10. The number of halogens is 1. The molecule has 1 rings (SSSR count). The molecular weight excluding hydrogens is 248 g/mol. The minimum atomic E-state index is 0.203. The maximum Gasteiger partial charge on any atom is 0.134 e. The summed E-state index contributed by atoms with van der Waals surface area (Å²) in [7, 11) is 0. The molecule has 0 aliphatic heterocycles. The summed E-state index contributed by atoms with van der Waals surface area (Å²) in [4.78, 5) is 12.1. The van der Waals surface area contributed by atoms with Gasteiger partial charge in [0.25, 0.3) is 0 Å². The third kappa shape index (κ3) is 3.16. The summed E-state index contributed by atoms with van der Waals surface area (Å²) in [6.45, 7) is 1.61. The van der Waals surface area contributed by atoms with Crippen LogP contribution in [0.2, 0.25) is 0 Å². The van der Waals surface area contributed by atoms with Crippen molar-refractivity contribution >= 4 is 33.5 Å². The standard InChI is InChI=1S/C10H11BrOS/c1-7(12)5-8-3-4-9(11)10(6-8)13-2/h3-4,6H,5H2,1-2H3. The maximum absolute atomic E-state index is 10.9. The van der Waals surface area contributed by atoms with E-state index in [2.05, 4.69) is 22.0 Å². The Bertz CT molecular complexity index is 323. The number of hydrogen-bond acceptors (Lipinski definition) is 2. The lowest BCUT2D eigenvalue weighted by atomic mass is 10.1. The molecule has 0 aliphatic carbocycles. The Hall–Kier alpha value is -0.280. The van der Waals surface area contributed by atoms with E-state index in [1.54, 1.807) is 18.7 Å². The monoisotopic (exact) mass is 258 g/mol. The van der Waals surface area contributed by atoms with Crippen molar-refractivity contribution < 1.29 is 4.79 Å². The number of carbonyl (C=O) groups is 1. The number of thioether (sulfide) groups is 1. The molecular formula is C10H11BrOS. The van der Waals surface area contributed by atoms with Crippen LogP contribution in [-0.2, 0) is 11.2 Å². The molecule has 0 aliphatic rings. The summed E-state index contributed by atoms with van der Waals surface area (Å²) >= 11 is 5.13. The fourth-order valence-corrected chi connectivity index (χ4v) is 2.37. The minimum absolute atomic E-state index is 0.203. The molecule has 0 fully saturated rings. The van der Waals surface area contributed by atoms with E-state index in [0.717, 1.165) is 10.0 Å². The smallest absolute Gasteiger partial charge is 0.134 e. The second-order valence-electron chi connectivity index (χ2n) is 2.85. The third-order valence-electron chi connectivity index (χ3n) is 1.67. The molecule has 1 aromatic carbocycles. The van der Waals surface area contributed by atoms with E-state index in [-0.39, 0.29) is 5.78 Å². The van der Waals surface area contributed by atoms with Crippen LogP contribution in [0.4, 0.5) is 0 Å². The molecule has 0 bridgehead atoms. The Morgan fingerprint density at radius 2 is 2.23 bits per heavy atom. The van der Waals surface area contributed by atoms with E-state index in [1.165, 1.54) is 4.90 Å². The third-order valence-corrected chi connectivity index (χ3v) is 3.40. The first-order chi connectivity index (χ1) is 6.13. The predicted molar refractivity (Wildman–Crippen MR) is 60.3 cm³/mol. The number of benzene rings is 1. The van der Waals surface area contributed by atoms with Crippen LogP contribution < -0.4 is 0 Å². The minimum Gasteiger partial charge on any atom is -0.300 e. The van der Waals surface area contributed by atoms with Gasteiger partial charge in [-0.25, -0.2) is 0 Å². The topological polar surface area (TPSA) is 17.1 Å². The highest BCUT2D eigenvalue weighted by Gasteiger charge is 2.02. The molecule has 70 valence electrons. The Labute approximate surface area is 91.0 Å². The number of ketones is 1. The van der Waals surface area contributed by atoms with Gasteiger partial charge < -0.3 is 0 Å². The van der Waals surface area contributed by atoms with Gasteiger partial charge in [-0.05, 0) is 46.8 Å². The van der Waals surface area contributed by atoms with Gasteiger partial charge in [0.2, 0.25) is 0 Å². The summed E-state index contributed by atoms with van der Waals surface area (Å²) in [5.41, 5.74) is 1.08. The lowest BCUT2D eigenvalue weighted by Crippen LogP contribution is -1.96. The van der Waals surface area contributed by atoms with Gasteiger partial charge in [0.15, 0.2) is 0 Å². The number of Topliss-reactive ketones (excluding diaryl/α,β-unsaturated/α-hetero) is 1. The van der Waals surface area contributed by atoms with Crippen molar-refractivity contribution in [2.75, 3.05) is 6.26 Å². The molecule has 0 N–H and O–H groups in total. The molecule has 0 heterocycles. The molecule has 0 radical (unpaired) electrons. The average molecular weight is 259 g/mol. The van der Waals surface area contributed by atoms with Crippen LogP contribution >= 0.6 is 27.7 Å². The highest BCUT2D eigenvalue weighted by atomic mass is 79.9. The highest BCUT2D eigenvalue weighted by Crippen LogP contribution is 2.26. The van der Waals surface area contributed by atoms with Gasteiger partial charge in [-0.3, -0.25) is 4.79 Å². The van der Waals surface area contributed by atoms with Crippen molar-refractivity contribution in [1.82, 2.24) is 0 Å². The zero-order valence-corrected chi connectivity index (χ0v) is 10.0. The van der Waals surface area contributed by atoms with Gasteiger partial charge >= 0.3 is 0 Å². The average Bonchev–Trinajstić information content (AvgIpc) is 2.07. The normalized spacial score (nSPS) is 10.1. The van der Waals surface area contributed by atoms with Crippen molar-refractivity contribution in [2.24, 2.45) is 0 Å². The summed E-state index contributed by atoms with van der Waals surface area (Å²) in [5, 5.41) is 0. The van der Waals surface area contributed by atoms with Crippen molar-refractivity contribution in [3.63, 3.8) is 0 Å². The second-order valence-corrected chi connectivity index (χ2v) is 4.55. The number of hydrogen-bond donors (Lipinski definition) is 0. The van der Waals surface area contributed by atoms with Gasteiger partial charge in [-0.15, -0.1) is 11.8 Å². The van der Waals surface area contributed by atoms with Gasteiger partial charge in [0.05, 0.1) is 0 Å². The maximum atomic E-state index is 10.9. The molecule has 1 nitrogen and oxygen atoms in total. The first-order valence-electron chi connectivity index (χ1n) is 3.95. The van der Waals surface area contributed by atoms with E-state index in [1.807, 2.05) is 18.4 Å². The first-order valence-corrected chi connectivity index (χ1v) is 5.97. The van der Waals surface area contributed by atoms with Crippen LogP contribution in [0.3, 0.4) is 0 Å². The van der Waals surface area contributed by atoms with Crippen molar-refractivity contribution in [1.29, 1.82) is 0 Å². The van der Waals surface area contributed by atoms with E-state index in [0.29, 0.717) is 6.42 Å². The summed E-state index contributed by atoms with van der Waals surface area (Å²) in [5.74, 6) is 0.203. The first kappa shape index (κ1) is 10.8. The predicted octanol–water partition coefficient (Wildman–Crippen LogP) is 3.30. The van der Waals surface area contributed by atoms with Crippen molar-refractivity contribution in [3.8, 4) is 0 Å². The van der Waals surface area contributed by atoms with E-state index in [4.69, 9.17) is 0 Å². The van der Waals surface area contributed by atoms with Crippen molar-refractivity contribution in [2.45, 2.75) is 18.2 Å². The summed E-state index contributed by atoms with van der Waals surface area (Å²) < 4.78 is 1.09. The molecule has 0 atom stereocenters. The number of rotatable bonds is 3. The fraction of sp³-hybridized carbons (Fsp3) is 0.300. The second kappa shape index (κ2) is 4.82. The Morgan fingerprint density at radius 3 is 2.77 bits per heavy atom. The molecule has 13 heavy (non-hydrogen) atoms. The quantitative estimate of drug-likeness (QED) is 0.775. The molecule has 0 unspecified atom stereocenters. The SMILES string of the molecule is CSc1cc(CC(C)=O)ccc1Br. The zero-order chi connectivity index (χ0) is 9.84. The Kier molecular flexibility index (Phi) is 4.00. The largest absolute Gasteiger partial charge is 0.300 e. The molecule has 1 aromatic rings. The van der Waals surface area contributed by atoms with E-state index >= 15 is 0 Å². The van der Waals surface area contributed by atoms with Crippen LogP contribution in [0.5, 0.6) is 0 Å². The summed E-state index contributed by atoms with van der Waals surface area (Å²) in [6, 6.07) is 6.02. The molecule has 0 aromatic heterocycles. The van der Waals surface area contributed by atoms with E-state index < -0.39 is 0 Å². The van der Waals surface area contributed by atoms with Crippen molar-refractivity contribution in [3.05, 3.63) is 28.2 Å². The van der Waals surface area contributed by atoms with Gasteiger partial charge in [-0.2, -0.15) is 0 Å². The molecule has 3 heteroatoms. The molecule has 0 saturated heterocycles. The molecule has 0 spiro atoms. The van der Waals surface area contributed by atoms with Gasteiger partial charge in [0.1, 0.15) is 5.78 Å². The lowest BCUT2D eigenvalue weighted by Gasteiger charge is -2.03. The van der Waals surface area contributed by atoms with Crippen LogP contribution in [0.25, 0.3) is 0 Å².